The highest BCUT2D eigenvalue weighted by molar-refractivity contribution is 5.72. The van der Waals surface area contributed by atoms with Gasteiger partial charge in [0.2, 0.25) is 5.76 Å². The molecule has 1 aliphatic rings. The molecule has 4 heteroatoms. The average molecular weight is 300 g/mol. The minimum atomic E-state index is -0.203. The first-order valence-corrected chi connectivity index (χ1v) is 7.99. The maximum atomic E-state index is 6.41. The van der Waals surface area contributed by atoms with Crippen LogP contribution in [0.5, 0.6) is 0 Å². The molecular weight excluding hydrogens is 274 g/mol. The first-order valence-electron chi connectivity index (χ1n) is 7.99. The summed E-state index contributed by atoms with van der Waals surface area (Å²) in [5, 5.41) is 0. The molecule has 0 unspecified atom stereocenters. The number of nitrogens with two attached hydrogens (primary N) is 1. The molecule has 0 fully saturated rings. The molecule has 2 heterocycles. The van der Waals surface area contributed by atoms with E-state index in [2.05, 4.69) is 70.7 Å². The molecule has 0 amide bonds. The largest absolute Gasteiger partial charge is 0.419 e. The number of anilines is 2. The van der Waals surface area contributed by atoms with Crippen LogP contribution in [0.1, 0.15) is 64.7 Å². The fourth-order valence-corrected chi connectivity index (χ4v) is 3.41. The smallest absolute Gasteiger partial charge is 0.348 e. The van der Waals surface area contributed by atoms with Crippen molar-refractivity contribution in [3.63, 3.8) is 0 Å². The molecule has 0 radical (unpaired) electrons. The van der Waals surface area contributed by atoms with E-state index < -0.39 is 0 Å². The lowest BCUT2D eigenvalue weighted by molar-refractivity contribution is -0.640. The second-order valence-electron chi connectivity index (χ2n) is 7.22. The summed E-state index contributed by atoms with van der Waals surface area (Å²) in [5.41, 5.74) is 2.29. The Balaban J connectivity index is 2.36. The van der Waals surface area contributed by atoms with Gasteiger partial charge in [0.05, 0.1) is 17.4 Å². The van der Waals surface area contributed by atoms with Crippen molar-refractivity contribution in [2.75, 3.05) is 10.7 Å². The lowest BCUT2D eigenvalue weighted by Crippen LogP contribution is -2.53. The van der Waals surface area contributed by atoms with Crippen molar-refractivity contribution in [2.45, 2.75) is 58.9 Å². The van der Waals surface area contributed by atoms with Gasteiger partial charge >= 0.3 is 5.82 Å². The molecule has 0 spiro atoms. The number of para-hydroxylation sites is 1. The number of hydrogen-bond donors (Lipinski definition) is 1. The normalized spacial score (nSPS) is 16.1. The molecule has 1 aliphatic heterocycles. The molecule has 3 rings (SSSR count). The van der Waals surface area contributed by atoms with Crippen LogP contribution < -0.4 is 15.4 Å². The van der Waals surface area contributed by atoms with Gasteiger partial charge in [0.15, 0.2) is 0 Å². The maximum Gasteiger partial charge on any atom is 0.348 e. The van der Waals surface area contributed by atoms with Crippen molar-refractivity contribution in [1.82, 2.24) is 0 Å². The van der Waals surface area contributed by atoms with Crippen LogP contribution in [0.15, 0.2) is 28.7 Å². The molecule has 0 aliphatic carbocycles. The van der Waals surface area contributed by atoms with E-state index in [9.17, 15) is 0 Å². The monoisotopic (exact) mass is 300 g/mol. The zero-order chi connectivity index (χ0) is 16.2. The quantitative estimate of drug-likeness (QED) is 0.681. The Hall–Kier alpha value is -1.97. The summed E-state index contributed by atoms with van der Waals surface area (Å²) in [6.07, 6.45) is 0. The molecule has 0 atom stereocenters. The molecule has 0 saturated carbocycles. The third kappa shape index (κ3) is 1.86. The molecular formula is C18H26N3O+. The Morgan fingerprint density at radius 3 is 2.36 bits per heavy atom. The zero-order valence-corrected chi connectivity index (χ0v) is 14.3. The topological polar surface area (TPSA) is 46.3 Å². The summed E-state index contributed by atoms with van der Waals surface area (Å²) in [4.78, 5) is 2.28. The number of oxazole rings is 1. The van der Waals surface area contributed by atoms with Crippen LogP contribution in [0, 0.1) is 0 Å². The zero-order valence-electron chi connectivity index (χ0n) is 14.3. The third-order valence-electron chi connectivity index (χ3n) is 4.52. The Bertz CT molecular complexity index is 713. The van der Waals surface area contributed by atoms with E-state index in [1.807, 2.05) is 0 Å². The highest BCUT2D eigenvalue weighted by Gasteiger charge is 2.49. The van der Waals surface area contributed by atoms with Crippen LogP contribution in [-0.4, -0.2) is 6.04 Å². The van der Waals surface area contributed by atoms with Gasteiger partial charge in [-0.25, -0.2) is 4.90 Å². The van der Waals surface area contributed by atoms with Gasteiger partial charge in [0.25, 0.3) is 5.89 Å². The number of nitrogen functional groups attached to an aromatic ring is 1. The van der Waals surface area contributed by atoms with Crippen molar-refractivity contribution in [2.24, 2.45) is 0 Å². The van der Waals surface area contributed by atoms with Crippen molar-refractivity contribution in [1.29, 1.82) is 0 Å². The van der Waals surface area contributed by atoms with E-state index in [1.54, 1.807) is 4.68 Å². The predicted molar refractivity (Wildman–Crippen MR) is 89.0 cm³/mol. The highest BCUT2D eigenvalue weighted by atomic mass is 16.4. The fourth-order valence-electron chi connectivity index (χ4n) is 3.41. The van der Waals surface area contributed by atoms with Crippen molar-refractivity contribution >= 4 is 11.5 Å². The SMILES string of the molecule is CC(C)c1oc2c([n+]1N)N(C(C)C)c1ccccc1C2(C)C. The summed E-state index contributed by atoms with van der Waals surface area (Å²) in [6, 6.07) is 8.82. The van der Waals surface area contributed by atoms with Crippen LogP contribution in [0.2, 0.25) is 0 Å². The number of hydrogen-bond acceptors (Lipinski definition) is 3. The second kappa shape index (κ2) is 4.77. The number of aromatic nitrogens is 1. The van der Waals surface area contributed by atoms with Gasteiger partial charge in [0, 0.05) is 5.56 Å². The second-order valence-corrected chi connectivity index (χ2v) is 7.22. The first kappa shape index (κ1) is 14.9. The Kier molecular flexibility index (Phi) is 3.24. The molecule has 1 aromatic carbocycles. The minimum Gasteiger partial charge on any atom is -0.419 e. The third-order valence-corrected chi connectivity index (χ3v) is 4.52. The first-order chi connectivity index (χ1) is 10.3. The average Bonchev–Trinajstić information content (AvgIpc) is 2.78. The molecule has 1 aromatic heterocycles. The molecule has 2 aromatic rings. The van der Waals surface area contributed by atoms with Crippen molar-refractivity contribution in [3.8, 4) is 0 Å². The van der Waals surface area contributed by atoms with Gasteiger partial charge in [-0.15, -0.1) is 0 Å². The van der Waals surface area contributed by atoms with E-state index in [0.29, 0.717) is 6.04 Å². The van der Waals surface area contributed by atoms with E-state index in [1.165, 1.54) is 11.3 Å². The van der Waals surface area contributed by atoms with Gasteiger partial charge in [-0.3, -0.25) is 5.84 Å². The Labute approximate surface area is 132 Å². The van der Waals surface area contributed by atoms with E-state index >= 15 is 0 Å². The lowest BCUT2D eigenvalue weighted by atomic mass is 9.78. The van der Waals surface area contributed by atoms with Crippen LogP contribution in [0.4, 0.5) is 11.5 Å². The molecule has 0 saturated heterocycles. The predicted octanol–water partition coefficient (Wildman–Crippen LogP) is 3.59. The van der Waals surface area contributed by atoms with Crippen LogP contribution >= 0.6 is 0 Å². The van der Waals surface area contributed by atoms with E-state index in [0.717, 1.165) is 17.5 Å². The van der Waals surface area contributed by atoms with Gasteiger partial charge < -0.3 is 4.42 Å². The van der Waals surface area contributed by atoms with Gasteiger partial charge in [-0.2, -0.15) is 0 Å². The summed E-state index contributed by atoms with van der Waals surface area (Å²) < 4.78 is 7.98. The number of fused-ring (bicyclic) bond motifs is 2. The lowest BCUT2D eigenvalue weighted by Gasteiger charge is -2.34. The Morgan fingerprint density at radius 2 is 1.77 bits per heavy atom. The highest BCUT2D eigenvalue weighted by Crippen LogP contribution is 2.49. The van der Waals surface area contributed by atoms with Crippen LogP contribution in [-0.2, 0) is 5.41 Å². The van der Waals surface area contributed by atoms with Crippen LogP contribution in [0.25, 0.3) is 0 Å². The summed E-state index contributed by atoms with van der Waals surface area (Å²) >= 11 is 0. The van der Waals surface area contributed by atoms with Crippen LogP contribution in [0.3, 0.4) is 0 Å². The Morgan fingerprint density at radius 1 is 1.14 bits per heavy atom. The van der Waals surface area contributed by atoms with E-state index in [4.69, 9.17) is 10.3 Å². The molecule has 4 nitrogen and oxygen atoms in total. The van der Waals surface area contributed by atoms with Gasteiger partial charge in [-0.1, -0.05) is 36.7 Å². The van der Waals surface area contributed by atoms with Crippen molar-refractivity contribution < 1.29 is 9.09 Å². The van der Waals surface area contributed by atoms with Gasteiger partial charge in [0.1, 0.15) is 5.69 Å². The molecule has 2 N–H and O–H groups in total. The fraction of sp³-hybridized carbons (Fsp3) is 0.500. The maximum absolute atomic E-state index is 6.41. The van der Waals surface area contributed by atoms with E-state index in [-0.39, 0.29) is 11.3 Å². The van der Waals surface area contributed by atoms with Crippen molar-refractivity contribution in [3.05, 3.63) is 41.5 Å². The number of benzene rings is 1. The number of nitrogens with zero attached hydrogens (tertiary/aromatic N) is 2. The summed E-state index contributed by atoms with van der Waals surface area (Å²) in [6.45, 7) is 13.0. The summed E-state index contributed by atoms with van der Waals surface area (Å²) in [5.74, 6) is 9.39. The minimum absolute atomic E-state index is 0.203. The van der Waals surface area contributed by atoms with Gasteiger partial charge in [-0.05, 0) is 33.8 Å². The standard InChI is InChI=1S/C18H26N3O/c1-11(2)17-21(19)16-15(22-17)18(5,6)13-9-7-8-10-14(13)20(16)12(3)4/h7-12H,19H2,1-6H3/q+1. The molecule has 118 valence electrons. The number of rotatable bonds is 2. The molecule has 22 heavy (non-hydrogen) atoms. The molecule has 0 bridgehead atoms. The summed E-state index contributed by atoms with van der Waals surface area (Å²) in [7, 11) is 0.